The minimum Gasteiger partial charge on any atom is -0.378 e. The van der Waals surface area contributed by atoms with Crippen molar-refractivity contribution in [1.29, 1.82) is 0 Å². The van der Waals surface area contributed by atoms with Gasteiger partial charge in [-0.15, -0.1) is 12.4 Å². The second-order valence-electron chi connectivity index (χ2n) is 2.81. The van der Waals surface area contributed by atoms with E-state index in [4.69, 9.17) is 10.5 Å². The van der Waals surface area contributed by atoms with Gasteiger partial charge in [-0.05, 0) is 19.8 Å². The van der Waals surface area contributed by atoms with Crippen LogP contribution in [0.15, 0.2) is 0 Å². The molecular formula is C7H14ClNO2. The van der Waals surface area contributed by atoms with Gasteiger partial charge in [0.25, 0.3) is 0 Å². The number of carbonyl (C=O) groups is 1. The number of nitrogens with two attached hydrogens (primary N) is 1. The highest BCUT2D eigenvalue weighted by molar-refractivity contribution is 5.85. The van der Waals surface area contributed by atoms with E-state index in [0.29, 0.717) is 6.61 Å². The SMILES string of the molecule is CC1CC(C(N)=O)CCO1.Cl. The Labute approximate surface area is 72.7 Å². The van der Waals surface area contributed by atoms with Crippen molar-refractivity contribution >= 4 is 18.3 Å². The lowest BCUT2D eigenvalue weighted by Crippen LogP contribution is -2.32. The number of hydrogen-bond acceptors (Lipinski definition) is 2. The van der Waals surface area contributed by atoms with E-state index in [1.54, 1.807) is 0 Å². The zero-order chi connectivity index (χ0) is 7.56. The van der Waals surface area contributed by atoms with Crippen LogP contribution in [-0.4, -0.2) is 18.6 Å². The van der Waals surface area contributed by atoms with Crippen molar-refractivity contribution in [3.8, 4) is 0 Å². The normalized spacial score (nSPS) is 30.6. The molecule has 1 aliphatic heterocycles. The molecule has 1 heterocycles. The molecule has 0 aromatic heterocycles. The Hall–Kier alpha value is -0.280. The van der Waals surface area contributed by atoms with Gasteiger partial charge in [0.15, 0.2) is 0 Å². The summed E-state index contributed by atoms with van der Waals surface area (Å²) in [6, 6.07) is 0. The van der Waals surface area contributed by atoms with Crippen LogP contribution in [0.3, 0.4) is 0 Å². The minimum atomic E-state index is -0.185. The molecule has 2 unspecified atom stereocenters. The molecule has 0 bridgehead atoms. The van der Waals surface area contributed by atoms with Crippen molar-refractivity contribution in [2.75, 3.05) is 6.61 Å². The zero-order valence-electron chi connectivity index (χ0n) is 6.58. The molecule has 0 saturated carbocycles. The molecule has 66 valence electrons. The van der Waals surface area contributed by atoms with Crippen molar-refractivity contribution in [2.24, 2.45) is 11.7 Å². The predicted molar refractivity (Wildman–Crippen MR) is 44.6 cm³/mol. The summed E-state index contributed by atoms with van der Waals surface area (Å²) < 4.78 is 5.25. The lowest BCUT2D eigenvalue weighted by atomic mass is 9.96. The molecule has 2 N–H and O–H groups in total. The van der Waals surface area contributed by atoms with E-state index in [1.165, 1.54) is 0 Å². The number of hydrogen-bond donors (Lipinski definition) is 1. The molecule has 11 heavy (non-hydrogen) atoms. The van der Waals surface area contributed by atoms with Gasteiger partial charge in [-0.2, -0.15) is 0 Å². The summed E-state index contributed by atoms with van der Waals surface area (Å²) in [6.45, 7) is 2.64. The third kappa shape index (κ3) is 3.08. The van der Waals surface area contributed by atoms with Gasteiger partial charge in [-0.3, -0.25) is 4.79 Å². The summed E-state index contributed by atoms with van der Waals surface area (Å²) in [5.41, 5.74) is 5.13. The van der Waals surface area contributed by atoms with E-state index in [-0.39, 0.29) is 30.3 Å². The highest BCUT2D eigenvalue weighted by atomic mass is 35.5. The van der Waals surface area contributed by atoms with Gasteiger partial charge < -0.3 is 10.5 Å². The predicted octanol–water partition coefficient (Wildman–Crippen LogP) is 0.709. The molecule has 0 spiro atoms. The number of amides is 1. The average molecular weight is 180 g/mol. The van der Waals surface area contributed by atoms with Crippen LogP contribution in [0.4, 0.5) is 0 Å². The maximum Gasteiger partial charge on any atom is 0.220 e. The smallest absolute Gasteiger partial charge is 0.220 e. The summed E-state index contributed by atoms with van der Waals surface area (Å²) >= 11 is 0. The molecule has 1 rings (SSSR count). The molecule has 3 nitrogen and oxygen atoms in total. The number of carbonyl (C=O) groups excluding carboxylic acids is 1. The van der Waals surface area contributed by atoms with Crippen molar-refractivity contribution in [3.05, 3.63) is 0 Å². The van der Waals surface area contributed by atoms with Crippen LogP contribution in [0, 0.1) is 5.92 Å². The van der Waals surface area contributed by atoms with E-state index >= 15 is 0 Å². The van der Waals surface area contributed by atoms with E-state index in [2.05, 4.69) is 0 Å². The molecule has 1 aliphatic rings. The van der Waals surface area contributed by atoms with E-state index in [0.717, 1.165) is 12.8 Å². The van der Waals surface area contributed by atoms with Gasteiger partial charge >= 0.3 is 0 Å². The van der Waals surface area contributed by atoms with E-state index in [1.807, 2.05) is 6.92 Å². The van der Waals surface area contributed by atoms with Crippen molar-refractivity contribution in [2.45, 2.75) is 25.9 Å². The van der Waals surface area contributed by atoms with E-state index < -0.39 is 0 Å². The maximum atomic E-state index is 10.7. The van der Waals surface area contributed by atoms with Gasteiger partial charge in [0, 0.05) is 12.5 Å². The van der Waals surface area contributed by atoms with Crippen LogP contribution in [0.25, 0.3) is 0 Å². The second kappa shape index (κ2) is 4.57. The largest absolute Gasteiger partial charge is 0.378 e. The maximum absolute atomic E-state index is 10.7. The van der Waals surface area contributed by atoms with Crippen LogP contribution in [-0.2, 0) is 9.53 Å². The Morgan fingerprint density at radius 1 is 1.64 bits per heavy atom. The molecule has 0 aromatic carbocycles. The average Bonchev–Trinajstić information content (AvgIpc) is 1.88. The van der Waals surface area contributed by atoms with Crippen LogP contribution in [0.5, 0.6) is 0 Å². The van der Waals surface area contributed by atoms with Gasteiger partial charge in [-0.25, -0.2) is 0 Å². The minimum absolute atomic E-state index is 0. The molecule has 0 aromatic rings. The lowest BCUT2D eigenvalue weighted by Gasteiger charge is -2.24. The number of rotatable bonds is 1. The van der Waals surface area contributed by atoms with Crippen LogP contribution in [0.1, 0.15) is 19.8 Å². The molecule has 0 radical (unpaired) electrons. The first-order chi connectivity index (χ1) is 4.70. The fourth-order valence-electron chi connectivity index (χ4n) is 1.26. The second-order valence-corrected chi connectivity index (χ2v) is 2.81. The Bertz CT molecular complexity index is 140. The van der Waals surface area contributed by atoms with Gasteiger partial charge in [0.2, 0.25) is 5.91 Å². The number of primary amides is 1. The highest BCUT2D eigenvalue weighted by Crippen LogP contribution is 2.18. The zero-order valence-corrected chi connectivity index (χ0v) is 7.39. The molecule has 0 aliphatic carbocycles. The van der Waals surface area contributed by atoms with E-state index in [9.17, 15) is 4.79 Å². The lowest BCUT2D eigenvalue weighted by molar-refractivity contribution is -0.126. The fourth-order valence-corrected chi connectivity index (χ4v) is 1.26. The van der Waals surface area contributed by atoms with Crippen LogP contribution >= 0.6 is 12.4 Å². The molecule has 1 saturated heterocycles. The number of halogens is 1. The molecular weight excluding hydrogens is 166 g/mol. The Balaban J connectivity index is 0.000001000. The highest BCUT2D eigenvalue weighted by Gasteiger charge is 2.22. The third-order valence-electron chi connectivity index (χ3n) is 1.89. The van der Waals surface area contributed by atoms with Crippen LogP contribution < -0.4 is 5.73 Å². The van der Waals surface area contributed by atoms with Gasteiger partial charge in [0.1, 0.15) is 0 Å². The number of ether oxygens (including phenoxy) is 1. The quantitative estimate of drug-likeness (QED) is 0.645. The Morgan fingerprint density at radius 3 is 2.64 bits per heavy atom. The monoisotopic (exact) mass is 179 g/mol. The van der Waals surface area contributed by atoms with Gasteiger partial charge in [0.05, 0.1) is 6.10 Å². The summed E-state index contributed by atoms with van der Waals surface area (Å²) in [5, 5.41) is 0. The molecule has 1 fully saturated rings. The topological polar surface area (TPSA) is 52.3 Å². The summed E-state index contributed by atoms with van der Waals surface area (Å²) in [5.74, 6) is -0.140. The first kappa shape index (κ1) is 10.7. The third-order valence-corrected chi connectivity index (χ3v) is 1.89. The molecule has 2 atom stereocenters. The van der Waals surface area contributed by atoms with Crippen molar-refractivity contribution in [1.82, 2.24) is 0 Å². The fraction of sp³-hybridized carbons (Fsp3) is 0.857. The summed E-state index contributed by atoms with van der Waals surface area (Å²) in [7, 11) is 0. The first-order valence-electron chi connectivity index (χ1n) is 3.61. The summed E-state index contributed by atoms with van der Waals surface area (Å²) in [6.07, 6.45) is 1.78. The van der Waals surface area contributed by atoms with Crippen LogP contribution in [0.2, 0.25) is 0 Å². The van der Waals surface area contributed by atoms with Crippen molar-refractivity contribution in [3.63, 3.8) is 0 Å². The van der Waals surface area contributed by atoms with Crippen molar-refractivity contribution < 1.29 is 9.53 Å². The Morgan fingerprint density at radius 2 is 2.27 bits per heavy atom. The standard InChI is InChI=1S/C7H13NO2.ClH/c1-5-4-6(7(8)9)2-3-10-5;/h5-6H,2-4H2,1H3,(H2,8,9);1H. The summed E-state index contributed by atoms with van der Waals surface area (Å²) in [4.78, 5) is 10.7. The first-order valence-corrected chi connectivity index (χ1v) is 3.61. The molecule has 4 heteroatoms. The molecule has 1 amide bonds. The Kier molecular flexibility index (Phi) is 4.45. The van der Waals surface area contributed by atoms with Gasteiger partial charge in [-0.1, -0.05) is 0 Å².